The summed E-state index contributed by atoms with van der Waals surface area (Å²) >= 11 is 0. The van der Waals surface area contributed by atoms with Gasteiger partial charge in [-0.1, -0.05) is 121 Å². The predicted molar refractivity (Wildman–Crippen MR) is 341 cm³/mol. The van der Waals surface area contributed by atoms with Gasteiger partial charge in [0.1, 0.15) is 40.1 Å². The van der Waals surface area contributed by atoms with Gasteiger partial charge in [-0.3, -0.25) is 14.4 Å². The number of carboxylic acids is 1. The van der Waals surface area contributed by atoms with Crippen LogP contribution in [0.4, 0.5) is 0 Å². The molecule has 0 unspecified atom stereocenters. The molecule has 3 aliphatic heterocycles. The van der Waals surface area contributed by atoms with Gasteiger partial charge < -0.3 is 43.1 Å². The van der Waals surface area contributed by atoms with Crippen LogP contribution in [0.15, 0.2) is 228 Å². The number of aromatic carboxylic acids is 1. The number of carboxylic acid groups (broad SMARTS) is 1. The number of carbonyl (C=O) groups is 6. The minimum absolute atomic E-state index is 0.0370. The lowest BCUT2D eigenvalue weighted by Gasteiger charge is -2.37. The zero-order valence-electron chi connectivity index (χ0n) is 48.3. The van der Waals surface area contributed by atoms with E-state index in [2.05, 4.69) is 0 Å². The summed E-state index contributed by atoms with van der Waals surface area (Å²) in [5.41, 5.74) is 1.55. The van der Waals surface area contributed by atoms with Gasteiger partial charge in [0, 0.05) is 81.9 Å². The second-order valence-electron chi connectivity index (χ2n) is 20.6. The third-order valence-corrected chi connectivity index (χ3v) is 20.0. The van der Waals surface area contributed by atoms with Crippen LogP contribution in [0, 0.1) is 0 Å². The molecule has 13 rings (SSSR count). The van der Waals surface area contributed by atoms with Crippen LogP contribution in [0.2, 0.25) is 0 Å². The normalized spacial score (nSPS) is 12.4. The van der Waals surface area contributed by atoms with Gasteiger partial charge in [-0.25, -0.2) is 19.2 Å². The maximum Gasteiger partial charge on any atom is 0.340 e. The summed E-state index contributed by atoms with van der Waals surface area (Å²) < 4.78 is 39.8. The summed E-state index contributed by atoms with van der Waals surface area (Å²) in [4.78, 5) is 89.9. The fourth-order valence-corrected chi connectivity index (χ4v) is 16.3. The van der Waals surface area contributed by atoms with Crippen LogP contribution < -0.4 is 51.5 Å². The van der Waals surface area contributed by atoms with E-state index in [0.717, 1.165) is 21.2 Å². The Hall–Kier alpha value is -11.1. The number of esters is 5. The highest BCUT2D eigenvalue weighted by atomic mass is 31.1. The van der Waals surface area contributed by atoms with Crippen molar-refractivity contribution in [3.63, 3.8) is 0 Å². The molecule has 3 heterocycles. The van der Waals surface area contributed by atoms with E-state index in [4.69, 9.17) is 32.8 Å². The quantitative estimate of drug-likeness (QED) is 0.0381. The highest BCUT2D eigenvalue weighted by Gasteiger charge is 2.55. The standard InChI is InChI=1S/C38H27O9P.C34H23O7P/c1-22(39)44-24-14-16-30-33(18-24)46-34-19-25(45-23(2)40)15-17-31(34)38(30)32-20-29(36(41)43-3)35(21-28(32)37(42)47-38)48(26-10-6-4-7-11-26)27-12-8-5-9-13-27;1-40-34(39)28-18-26(32-24-14-12-20(35)16-29(24)41-30-17-21(36)13-15-25(30)32)27(33(37)38)19-31(28)42(22-8-4-2-5-9-22)23-10-6-3-7-11-23/h4-21H,1-3H3;2-19,35H,1H3,(H,37,38). The van der Waals surface area contributed by atoms with Gasteiger partial charge in [-0.15, -0.1) is 0 Å². The van der Waals surface area contributed by atoms with Crippen LogP contribution in [-0.2, 0) is 29.4 Å². The molecule has 18 heteroatoms. The minimum Gasteiger partial charge on any atom is -0.508 e. The van der Waals surface area contributed by atoms with Crippen molar-refractivity contribution in [1.29, 1.82) is 0 Å². The van der Waals surface area contributed by atoms with E-state index in [0.29, 0.717) is 43.8 Å². The van der Waals surface area contributed by atoms with Gasteiger partial charge in [0.15, 0.2) is 11.0 Å². The van der Waals surface area contributed by atoms with Crippen LogP contribution in [0.5, 0.6) is 28.7 Å². The number of phenolic OH excluding ortho intramolecular Hbond substituents is 1. The van der Waals surface area contributed by atoms with Crippen LogP contribution >= 0.6 is 15.8 Å². The number of ether oxygens (including phenoxy) is 6. The SMILES string of the molecule is COC(=O)c1cc(-c2c3ccc(=O)cc-3oc3cc(O)ccc23)c(C(=O)O)cc1P(c1ccccc1)c1ccccc1.COC(=O)c1cc2c(cc1P(c1ccccc1)c1ccccc1)C(=O)OC21c2ccc(OC(C)=O)cc2Oc2cc(OC(C)=O)ccc21. The van der Waals surface area contributed by atoms with E-state index in [1.54, 1.807) is 60.7 Å². The molecule has 1 spiro atoms. The maximum atomic E-state index is 14.1. The fourth-order valence-electron chi connectivity index (χ4n) is 11.4. The van der Waals surface area contributed by atoms with Gasteiger partial charge in [-0.2, -0.15) is 0 Å². The molecule has 9 aromatic rings. The number of carbonyl (C=O) groups excluding carboxylic acids is 5. The molecule has 0 bridgehead atoms. The molecule has 90 heavy (non-hydrogen) atoms. The monoisotopic (exact) mass is 1230 g/mol. The Morgan fingerprint density at radius 3 is 1.44 bits per heavy atom. The number of phenols is 1. The Balaban J connectivity index is 0.000000176. The van der Waals surface area contributed by atoms with Crippen molar-refractivity contribution in [2.75, 3.05) is 14.2 Å². The van der Waals surface area contributed by atoms with E-state index in [1.165, 1.54) is 64.5 Å². The number of methoxy groups -OCH3 is 2. The Morgan fingerprint density at radius 1 is 0.478 bits per heavy atom. The summed E-state index contributed by atoms with van der Waals surface area (Å²) in [5.74, 6) is -3.00. The highest BCUT2D eigenvalue weighted by Crippen LogP contribution is 2.58. The summed E-state index contributed by atoms with van der Waals surface area (Å²) in [6, 6.07) is 63.6. The molecule has 16 nitrogen and oxygen atoms in total. The zero-order valence-corrected chi connectivity index (χ0v) is 50.1. The number of fused-ring (bicyclic) bond motifs is 8. The van der Waals surface area contributed by atoms with Crippen LogP contribution in [0.3, 0.4) is 0 Å². The molecule has 0 atom stereocenters. The van der Waals surface area contributed by atoms with Gasteiger partial charge in [-0.05, 0) is 115 Å². The van der Waals surface area contributed by atoms with Crippen molar-refractivity contribution < 1.29 is 71.8 Å². The van der Waals surface area contributed by atoms with Crippen molar-refractivity contribution >= 4 is 94.5 Å². The third kappa shape index (κ3) is 11.1. The van der Waals surface area contributed by atoms with Crippen molar-refractivity contribution in [3.8, 4) is 51.2 Å². The molecule has 0 radical (unpaired) electrons. The third-order valence-electron chi connectivity index (χ3n) is 15.1. The molecule has 0 saturated carbocycles. The van der Waals surface area contributed by atoms with E-state index >= 15 is 0 Å². The smallest absolute Gasteiger partial charge is 0.340 e. The topological polar surface area (TPSA) is 228 Å². The maximum absolute atomic E-state index is 14.1. The van der Waals surface area contributed by atoms with Gasteiger partial charge in [0.2, 0.25) is 0 Å². The first-order chi connectivity index (χ1) is 43.5. The van der Waals surface area contributed by atoms with E-state index in [9.17, 15) is 43.8 Å². The number of hydrogen-bond acceptors (Lipinski definition) is 15. The van der Waals surface area contributed by atoms with Crippen LogP contribution in [0.1, 0.15) is 72.0 Å². The van der Waals surface area contributed by atoms with E-state index in [1.807, 2.05) is 121 Å². The lowest BCUT2D eigenvalue weighted by atomic mass is 9.77. The molecule has 1 aliphatic carbocycles. The zero-order chi connectivity index (χ0) is 63.0. The first-order valence-corrected chi connectivity index (χ1v) is 30.6. The molecule has 9 aromatic carbocycles. The van der Waals surface area contributed by atoms with Crippen molar-refractivity contribution in [1.82, 2.24) is 0 Å². The van der Waals surface area contributed by atoms with Gasteiger partial charge in [0.25, 0.3) is 0 Å². The second-order valence-corrected chi connectivity index (χ2v) is 25.0. The fraction of sp³-hybridized carbons (Fsp3) is 0.0694. The summed E-state index contributed by atoms with van der Waals surface area (Å²) in [6.45, 7) is 2.56. The average Bonchev–Trinajstić information content (AvgIpc) is 1.45. The van der Waals surface area contributed by atoms with Crippen LogP contribution in [0.25, 0.3) is 33.4 Å². The molecule has 2 N–H and O–H groups in total. The Kier molecular flexibility index (Phi) is 16.2. The Morgan fingerprint density at radius 2 is 0.967 bits per heavy atom. The molecule has 0 fully saturated rings. The minimum atomic E-state index is -1.58. The predicted octanol–water partition coefficient (Wildman–Crippen LogP) is 11.2. The largest absolute Gasteiger partial charge is 0.508 e. The summed E-state index contributed by atoms with van der Waals surface area (Å²) in [5, 5.41) is 26.2. The molecular weight excluding hydrogens is 1180 g/mol. The lowest BCUT2D eigenvalue weighted by molar-refractivity contribution is -0.132. The van der Waals surface area contributed by atoms with Gasteiger partial charge >= 0.3 is 35.8 Å². The number of hydrogen-bond donors (Lipinski definition) is 2. The molecule has 0 aromatic heterocycles. The number of rotatable bonds is 12. The van der Waals surface area contributed by atoms with E-state index < -0.39 is 57.3 Å². The van der Waals surface area contributed by atoms with Crippen LogP contribution in [-0.4, -0.2) is 60.2 Å². The molecule has 4 aliphatic rings. The lowest BCUT2D eigenvalue weighted by Crippen LogP contribution is -2.34. The van der Waals surface area contributed by atoms with E-state index in [-0.39, 0.29) is 73.3 Å². The Labute approximate surface area is 516 Å². The van der Waals surface area contributed by atoms with Gasteiger partial charge in [0.05, 0.1) is 36.5 Å². The molecule has 0 amide bonds. The first-order valence-electron chi connectivity index (χ1n) is 27.9. The van der Waals surface area contributed by atoms with Crippen molar-refractivity contribution in [2.45, 2.75) is 19.4 Å². The number of benzene rings is 10. The first kappa shape index (κ1) is 59.3. The van der Waals surface area contributed by atoms with Crippen molar-refractivity contribution in [3.05, 3.63) is 268 Å². The Bertz CT molecular complexity index is 4580. The second kappa shape index (κ2) is 24.6. The average molecular weight is 1230 g/mol. The summed E-state index contributed by atoms with van der Waals surface area (Å²) in [6.07, 6.45) is 0. The highest BCUT2D eigenvalue weighted by molar-refractivity contribution is 7.80. The summed E-state index contributed by atoms with van der Waals surface area (Å²) in [7, 11) is -0.0805. The molecular formula is C72H50O16P2. The van der Waals surface area contributed by atoms with Crippen molar-refractivity contribution in [2.24, 2.45) is 0 Å². The number of aromatic hydroxyl groups is 1. The molecule has 0 saturated heterocycles. The molecule has 444 valence electrons.